The van der Waals surface area contributed by atoms with Gasteiger partial charge in [-0.1, -0.05) is 0 Å². The maximum Gasteiger partial charge on any atom is 0.242 e. The summed E-state index contributed by atoms with van der Waals surface area (Å²) >= 11 is 0. The lowest BCUT2D eigenvalue weighted by atomic mass is 10.2. The van der Waals surface area contributed by atoms with Gasteiger partial charge >= 0.3 is 0 Å². The summed E-state index contributed by atoms with van der Waals surface area (Å²) < 4.78 is 14.9. The Balaban J connectivity index is 1.97. The zero-order chi connectivity index (χ0) is 14.1. The Labute approximate surface area is 115 Å². The number of hydrogen-bond donors (Lipinski definition) is 0. The van der Waals surface area contributed by atoms with Crippen molar-refractivity contribution in [2.45, 2.75) is 19.4 Å². The number of halogens is 1. The number of benzene rings is 1. The molecule has 2 heterocycles. The molecule has 2 aromatic rings. The third kappa shape index (κ3) is 2.31. The Morgan fingerprint density at radius 2 is 1.95 bits per heavy atom. The molecular formula is C15H15FN2O2. The Morgan fingerprint density at radius 1 is 1.20 bits per heavy atom. The lowest BCUT2D eigenvalue weighted by Gasteiger charge is -2.17. The Kier molecular flexibility index (Phi) is 3.26. The maximum absolute atomic E-state index is 13.2. The number of hydrogen-bond acceptors (Lipinski definition) is 2. The third-order valence-corrected chi connectivity index (χ3v) is 3.70. The van der Waals surface area contributed by atoms with Crippen LogP contribution in [0.3, 0.4) is 0 Å². The molecule has 0 aliphatic carbocycles. The van der Waals surface area contributed by atoms with E-state index in [9.17, 15) is 14.0 Å². The summed E-state index contributed by atoms with van der Waals surface area (Å²) in [7, 11) is 0. The van der Waals surface area contributed by atoms with Gasteiger partial charge in [-0.25, -0.2) is 4.39 Å². The van der Waals surface area contributed by atoms with Gasteiger partial charge in [0, 0.05) is 30.7 Å². The van der Waals surface area contributed by atoms with Gasteiger partial charge in [0.25, 0.3) is 0 Å². The monoisotopic (exact) mass is 274 g/mol. The van der Waals surface area contributed by atoms with E-state index in [4.69, 9.17) is 0 Å². The van der Waals surface area contributed by atoms with Gasteiger partial charge in [0.1, 0.15) is 12.4 Å². The topological polar surface area (TPSA) is 42.3 Å². The first-order chi connectivity index (χ1) is 9.65. The highest BCUT2D eigenvalue weighted by molar-refractivity contribution is 5.82. The molecule has 0 atom stereocenters. The molecule has 1 aromatic heterocycles. The third-order valence-electron chi connectivity index (χ3n) is 3.70. The second kappa shape index (κ2) is 5.07. The van der Waals surface area contributed by atoms with E-state index in [0.29, 0.717) is 10.9 Å². The van der Waals surface area contributed by atoms with Crippen molar-refractivity contribution in [1.82, 2.24) is 9.47 Å². The number of nitrogens with zero attached hydrogens (tertiary/aromatic N) is 2. The summed E-state index contributed by atoms with van der Waals surface area (Å²) in [6, 6.07) is 5.44. The van der Waals surface area contributed by atoms with E-state index in [1.165, 1.54) is 18.2 Å². The van der Waals surface area contributed by atoms with Crippen molar-refractivity contribution in [3.05, 3.63) is 46.5 Å². The number of aromatic nitrogens is 1. The molecule has 1 aromatic carbocycles. The van der Waals surface area contributed by atoms with Crippen LogP contribution >= 0.6 is 0 Å². The predicted octanol–water partition coefficient (Wildman–Crippen LogP) is 1.76. The van der Waals surface area contributed by atoms with Gasteiger partial charge in [-0.05, 0) is 31.0 Å². The molecule has 0 spiro atoms. The number of rotatable bonds is 2. The Bertz CT molecular complexity index is 717. The SMILES string of the molecule is O=C(Cn1ccc(=O)c2cc(F)ccc21)N1CCCC1. The van der Waals surface area contributed by atoms with Crippen LogP contribution in [0.1, 0.15) is 12.8 Å². The highest BCUT2D eigenvalue weighted by Crippen LogP contribution is 2.14. The Morgan fingerprint density at radius 3 is 2.70 bits per heavy atom. The molecule has 4 nitrogen and oxygen atoms in total. The fraction of sp³-hybridized carbons (Fsp3) is 0.333. The van der Waals surface area contributed by atoms with Crippen LogP contribution in [0.2, 0.25) is 0 Å². The summed E-state index contributed by atoms with van der Waals surface area (Å²) in [5, 5.41) is 0.307. The fourth-order valence-corrected chi connectivity index (χ4v) is 2.63. The molecule has 1 aliphatic heterocycles. The lowest BCUT2D eigenvalue weighted by Crippen LogP contribution is -2.31. The first-order valence-electron chi connectivity index (χ1n) is 6.71. The van der Waals surface area contributed by atoms with Crippen LogP contribution in [0.15, 0.2) is 35.3 Å². The van der Waals surface area contributed by atoms with Crippen LogP contribution in [0.25, 0.3) is 10.9 Å². The minimum absolute atomic E-state index is 0.0387. The summed E-state index contributed by atoms with van der Waals surface area (Å²) in [6.07, 6.45) is 3.68. The van der Waals surface area contributed by atoms with E-state index in [0.717, 1.165) is 25.9 Å². The first kappa shape index (κ1) is 12.8. The number of likely N-dealkylation sites (tertiary alicyclic amines) is 1. The van der Waals surface area contributed by atoms with Crippen molar-refractivity contribution >= 4 is 16.8 Å². The number of carbonyl (C=O) groups is 1. The molecule has 0 saturated carbocycles. The average Bonchev–Trinajstić information content (AvgIpc) is 2.96. The van der Waals surface area contributed by atoms with E-state index >= 15 is 0 Å². The number of pyridine rings is 1. The van der Waals surface area contributed by atoms with Gasteiger partial charge in [-0.3, -0.25) is 9.59 Å². The van der Waals surface area contributed by atoms with Gasteiger partial charge in [0.2, 0.25) is 5.91 Å². The van der Waals surface area contributed by atoms with Crippen LogP contribution in [0.4, 0.5) is 4.39 Å². The van der Waals surface area contributed by atoms with Crippen molar-refractivity contribution in [2.24, 2.45) is 0 Å². The molecule has 1 amide bonds. The quantitative estimate of drug-likeness (QED) is 0.837. The van der Waals surface area contributed by atoms with Crippen molar-refractivity contribution in [1.29, 1.82) is 0 Å². The molecule has 0 bridgehead atoms. The van der Waals surface area contributed by atoms with Crippen molar-refractivity contribution < 1.29 is 9.18 Å². The van der Waals surface area contributed by atoms with E-state index in [2.05, 4.69) is 0 Å². The van der Waals surface area contributed by atoms with Crippen molar-refractivity contribution in [2.75, 3.05) is 13.1 Å². The largest absolute Gasteiger partial charge is 0.341 e. The van der Waals surface area contributed by atoms with Crippen LogP contribution in [0, 0.1) is 5.82 Å². The number of fused-ring (bicyclic) bond motifs is 1. The molecule has 1 saturated heterocycles. The molecule has 1 aliphatic rings. The summed E-state index contributed by atoms with van der Waals surface area (Å²) in [5.74, 6) is -0.407. The summed E-state index contributed by atoms with van der Waals surface area (Å²) in [5.41, 5.74) is 0.357. The highest BCUT2D eigenvalue weighted by atomic mass is 19.1. The Hall–Kier alpha value is -2.17. The average molecular weight is 274 g/mol. The van der Waals surface area contributed by atoms with E-state index in [1.54, 1.807) is 16.8 Å². The van der Waals surface area contributed by atoms with E-state index < -0.39 is 5.82 Å². The second-order valence-electron chi connectivity index (χ2n) is 5.06. The smallest absolute Gasteiger partial charge is 0.242 e. The number of amides is 1. The van der Waals surface area contributed by atoms with Crippen molar-refractivity contribution in [3.63, 3.8) is 0 Å². The molecule has 5 heteroatoms. The molecule has 3 rings (SSSR count). The summed E-state index contributed by atoms with van der Waals surface area (Å²) in [6.45, 7) is 1.78. The molecule has 0 radical (unpaired) electrons. The highest BCUT2D eigenvalue weighted by Gasteiger charge is 2.18. The van der Waals surface area contributed by atoms with Crippen LogP contribution in [-0.4, -0.2) is 28.5 Å². The second-order valence-corrected chi connectivity index (χ2v) is 5.06. The molecule has 20 heavy (non-hydrogen) atoms. The van der Waals surface area contributed by atoms with Gasteiger partial charge in [-0.2, -0.15) is 0 Å². The lowest BCUT2D eigenvalue weighted by molar-refractivity contribution is -0.130. The number of carbonyl (C=O) groups excluding carboxylic acids is 1. The minimum atomic E-state index is -0.446. The standard InChI is InChI=1S/C15H15FN2O2/c16-11-3-4-13-12(9-11)14(19)5-8-18(13)10-15(20)17-6-1-2-7-17/h3-5,8-9H,1-2,6-7,10H2. The zero-order valence-electron chi connectivity index (χ0n) is 11.0. The van der Waals surface area contributed by atoms with Gasteiger partial charge in [0.05, 0.1) is 5.52 Å². The fourth-order valence-electron chi connectivity index (χ4n) is 2.63. The molecule has 0 N–H and O–H groups in total. The van der Waals surface area contributed by atoms with Gasteiger partial charge < -0.3 is 9.47 Å². The zero-order valence-corrected chi connectivity index (χ0v) is 11.0. The van der Waals surface area contributed by atoms with Crippen LogP contribution in [-0.2, 0) is 11.3 Å². The molecule has 1 fully saturated rings. The van der Waals surface area contributed by atoms with Gasteiger partial charge in [0.15, 0.2) is 5.43 Å². The normalized spacial score (nSPS) is 14.9. The first-order valence-corrected chi connectivity index (χ1v) is 6.71. The minimum Gasteiger partial charge on any atom is -0.341 e. The molecular weight excluding hydrogens is 259 g/mol. The maximum atomic E-state index is 13.2. The van der Waals surface area contributed by atoms with E-state index in [-0.39, 0.29) is 17.9 Å². The van der Waals surface area contributed by atoms with Crippen LogP contribution < -0.4 is 5.43 Å². The predicted molar refractivity (Wildman–Crippen MR) is 74.0 cm³/mol. The molecule has 104 valence electrons. The van der Waals surface area contributed by atoms with Crippen molar-refractivity contribution in [3.8, 4) is 0 Å². The molecule has 0 unspecified atom stereocenters. The van der Waals surface area contributed by atoms with E-state index in [1.807, 2.05) is 4.90 Å². The summed E-state index contributed by atoms with van der Waals surface area (Å²) in [4.78, 5) is 25.7. The van der Waals surface area contributed by atoms with Gasteiger partial charge in [-0.15, -0.1) is 0 Å². The van der Waals surface area contributed by atoms with Crippen LogP contribution in [0.5, 0.6) is 0 Å².